The lowest BCUT2D eigenvalue weighted by Gasteiger charge is -2.11. The number of fused-ring (bicyclic) bond motifs is 13. The van der Waals surface area contributed by atoms with Gasteiger partial charge >= 0.3 is 0 Å². The SMILES string of the molecule is c1ccc2c(c1)Cc1cc3c(cc1-2)-c1c(nc2c4cnccc4c4cnccc4n12)C3. The second-order valence-electron chi connectivity index (χ2n) is 8.56. The van der Waals surface area contributed by atoms with Crippen molar-refractivity contribution in [3.05, 3.63) is 95.7 Å². The fraction of sp³-hybridized carbons (Fsp3) is 0.0741. The molecule has 31 heavy (non-hydrogen) atoms. The third kappa shape index (κ3) is 1.88. The van der Waals surface area contributed by atoms with E-state index < -0.39 is 0 Å². The molecular weight excluding hydrogens is 380 g/mol. The van der Waals surface area contributed by atoms with Gasteiger partial charge in [0.15, 0.2) is 0 Å². The van der Waals surface area contributed by atoms with E-state index in [1.165, 1.54) is 39.1 Å². The summed E-state index contributed by atoms with van der Waals surface area (Å²) in [6.07, 6.45) is 9.50. The molecule has 4 aromatic heterocycles. The van der Waals surface area contributed by atoms with E-state index in [1.807, 2.05) is 24.8 Å². The first-order valence-electron chi connectivity index (χ1n) is 10.6. The normalized spacial score (nSPS) is 13.5. The van der Waals surface area contributed by atoms with Gasteiger partial charge in [-0.15, -0.1) is 0 Å². The summed E-state index contributed by atoms with van der Waals surface area (Å²) in [5.74, 6) is 0. The van der Waals surface area contributed by atoms with Gasteiger partial charge < -0.3 is 0 Å². The minimum Gasteiger partial charge on any atom is -0.291 e. The van der Waals surface area contributed by atoms with Gasteiger partial charge in [-0.25, -0.2) is 4.98 Å². The molecule has 2 aliphatic carbocycles. The van der Waals surface area contributed by atoms with E-state index in [1.54, 1.807) is 0 Å². The molecule has 0 bridgehead atoms. The van der Waals surface area contributed by atoms with Gasteiger partial charge in [0.25, 0.3) is 0 Å². The van der Waals surface area contributed by atoms with Crippen LogP contribution in [0.4, 0.5) is 0 Å². The molecule has 0 spiro atoms. The van der Waals surface area contributed by atoms with Gasteiger partial charge in [-0.2, -0.15) is 0 Å². The van der Waals surface area contributed by atoms with E-state index in [-0.39, 0.29) is 0 Å². The zero-order valence-electron chi connectivity index (χ0n) is 16.6. The summed E-state index contributed by atoms with van der Waals surface area (Å²) < 4.78 is 2.33. The summed E-state index contributed by atoms with van der Waals surface area (Å²) in [6.45, 7) is 0. The lowest BCUT2D eigenvalue weighted by Crippen LogP contribution is -1.95. The Morgan fingerprint density at radius 1 is 0.677 bits per heavy atom. The fourth-order valence-electron chi connectivity index (χ4n) is 5.66. The van der Waals surface area contributed by atoms with Crippen molar-refractivity contribution in [1.29, 1.82) is 0 Å². The number of hydrogen-bond donors (Lipinski definition) is 0. The van der Waals surface area contributed by atoms with E-state index >= 15 is 0 Å². The van der Waals surface area contributed by atoms with Crippen molar-refractivity contribution in [3.63, 3.8) is 0 Å². The first-order chi connectivity index (χ1) is 15.4. The summed E-state index contributed by atoms with van der Waals surface area (Å²) >= 11 is 0. The summed E-state index contributed by atoms with van der Waals surface area (Å²) in [5, 5.41) is 3.36. The lowest BCUT2D eigenvalue weighted by atomic mass is 9.99. The molecule has 4 nitrogen and oxygen atoms in total. The maximum atomic E-state index is 5.14. The number of benzene rings is 2. The van der Waals surface area contributed by atoms with Crippen LogP contribution >= 0.6 is 0 Å². The molecule has 0 unspecified atom stereocenters. The van der Waals surface area contributed by atoms with Crippen molar-refractivity contribution in [3.8, 4) is 22.4 Å². The zero-order valence-corrected chi connectivity index (χ0v) is 16.6. The second kappa shape index (κ2) is 5.35. The van der Waals surface area contributed by atoms with Crippen molar-refractivity contribution in [2.24, 2.45) is 0 Å². The minimum absolute atomic E-state index is 0.879. The Balaban J connectivity index is 1.52. The van der Waals surface area contributed by atoms with Crippen LogP contribution in [0.3, 0.4) is 0 Å². The molecule has 2 aromatic carbocycles. The summed E-state index contributed by atoms with van der Waals surface area (Å²) in [6, 6.07) is 17.8. The van der Waals surface area contributed by atoms with E-state index in [0.717, 1.165) is 45.9 Å². The molecule has 0 N–H and O–H groups in total. The quantitative estimate of drug-likeness (QED) is 0.315. The van der Waals surface area contributed by atoms with Crippen LogP contribution in [0.5, 0.6) is 0 Å². The van der Waals surface area contributed by atoms with Gasteiger partial charge in [0.05, 0.1) is 16.9 Å². The molecule has 0 aliphatic heterocycles. The average Bonchev–Trinajstić information content (AvgIpc) is 3.47. The average molecular weight is 396 g/mol. The largest absolute Gasteiger partial charge is 0.291 e. The Hall–Kier alpha value is -4.05. The lowest BCUT2D eigenvalue weighted by molar-refractivity contribution is 1.15. The minimum atomic E-state index is 0.879. The molecule has 0 saturated heterocycles. The Morgan fingerprint density at radius 3 is 2.48 bits per heavy atom. The first kappa shape index (κ1) is 15.7. The van der Waals surface area contributed by atoms with Gasteiger partial charge in [0, 0.05) is 47.5 Å². The summed E-state index contributed by atoms with van der Waals surface area (Å²) in [7, 11) is 0. The van der Waals surface area contributed by atoms with Gasteiger partial charge in [-0.3, -0.25) is 14.4 Å². The van der Waals surface area contributed by atoms with Gasteiger partial charge in [0.1, 0.15) is 5.65 Å². The van der Waals surface area contributed by atoms with Crippen molar-refractivity contribution in [1.82, 2.24) is 19.4 Å². The molecule has 0 atom stereocenters. The van der Waals surface area contributed by atoms with E-state index in [4.69, 9.17) is 4.98 Å². The molecule has 0 amide bonds. The fourth-order valence-corrected chi connectivity index (χ4v) is 5.66. The van der Waals surface area contributed by atoms with Crippen LogP contribution in [0.25, 0.3) is 49.7 Å². The van der Waals surface area contributed by atoms with Crippen molar-refractivity contribution in [2.75, 3.05) is 0 Å². The molecule has 8 rings (SSSR count). The predicted octanol–water partition coefficient (Wildman–Crippen LogP) is 5.57. The molecule has 0 fully saturated rings. The Morgan fingerprint density at radius 2 is 1.52 bits per heavy atom. The number of imidazole rings is 1. The standard InChI is InChI=1S/C27H16N4/c1-2-4-18-15(3-1)9-16-10-17-11-24-26(21(17)12-20(16)18)31-25-6-8-29-13-22(25)19-5-7-28-14-23(19)27(31)30-24/h1-8,10,12-14H,9,11H2. The number of hydrogen-bond acceptors (Lipinski definition) is 3. The number of aromatic nitrogens is 4. The summed E-state index contributed by atoms with van der Waals surface area (Å²) in [4.78, 5) is 13.9. The third-order valence-corrected chi connectivity index (χ3v) is 6.97. The van der Waals surface area contributed by atoms with E-state index in [0.29, 0.717) is 0 Å². The van der Waals surface area contributed by atoms with Crippen LogP contribution in [-0.2, 0) is 12.8 Å². The predicted molar refractivity (Wildman–Crippen MR) is 122 cm³/mol. The maximum Gasteiger partial charge on any atom is 0.147 e. The Labute approximate surface area is 177 Å². The topological polar surface area (TPSA) is 43.1 Å². The van der Waals surface area contributed by atoms with Crippen LogP contribution in [0, 0.1) is 0 Å². The monoisotopic (exact) mass is 396 g/mol. The third-order valence-electron chi connectivity index (χ3n) is 6.97. The number of pyridine rings is 3. The van der Waals surface area contributed by atoms with E-state index in [9.17, 15) is 0 Å². The molecule has 0 saturated carbocycles. The molecule has 4 heteroatoms. The van der Waals surface area contributed by atoms with Crippen molar-refractivity contribution < 1.29 is 0 Å². The zero-order chi connectivity index (χ0) is 20.1. The second-order valence-corrected chi connectivity index (χ2v) is 8.56. The Kier molecular flexibility index (Phi) is 2.72. The molecule has 0 radical (unpaired) electrons. The van der Waals surface area contributed by atoms with Crippen molar-refractivity contribution >= 4 is 27.3 Å². The van der Waals surface area contributed by atoms with E-state index in [2.05, 4.69) is 62.9 Å². The highest BCUT2D eigenvalue weighted by Crippen LogP contribution is 2.46. The van der Waals surface area contributed by atoms with Crippen molar-refractivity contribution in [2.45, 2.75) is 12.8 Å². The van der Waals surface area contributed by atoms with Crippen LogP contribution in [0.1, 0.15) is 22.4 Å². The number of rotatable bonds is 0. The highest BCUT2D eigenvalue weighted by Gasteiger charge is 2.29. The molecule has 144 valence electrons. The molecular formula is C27H16N4. The van der Waals surface area contributed by atoms with Gasteiger partial charge in [0.2, 0.25) is 0 Å². The molecule has 4 heterocycles. The molecule has 2 aliphatic rings. The highest BCUT2D eigenvalue weighted by atomic mass is 15.0. The van der Waals surface area contributed by atoms with Gasteiger partial charge in [-0.1, -0.05) is 30.3 Å². The first-order valence-corrected chi connectivity index (χ1v) is 10.6. The van der Waals surface area contributed by atoms with Gasteiger partial charge in [-0.05, 0) is 57.8 Å². The molecule has 6 aromatic rings. The Bertz CT molecular complexity index is 1740. The smallest absolute Gasteiger partial charge is 0.147 e. The van der Waals surface area contributed by atoms with Crippen LogP contribution < -0.4 is 0 Å². The summed E-state index contributed by atoms with van der Waals surface area (Å²) in [5.41, 5.74) is 12.8. The number of nitrogens with zero attached hydrogens (tertiary/aromatic N) is 4. The maximum absolute atomic E-state index is 5.14. The van der Waals surface area contributed by atoms with Crippen LogP contribution in [0.15, 0.2) is 73.3 Å². The van der Waals surface area contributed by atoms with Crippen LogP contribution in [-0.4, -0.2) is 19.4 Å². The highest BCUT2D eigenvalue weighted by molar-refractivity contribution is 6.12. The van der Waals surface area contributed by atoms with Crippen LogP contribution in [0.2, 0.25) is 0 Å².